The smallest absolute Gasteiger partial charge is 0.230 e. The van der Waals surface area contributed by atoms with Crippen molar-refractivity contribution in [1.29, 1.82) is 0 Å². The molecule has 1 fully saturated rings. The van der Waals surface area contributed by atoms with Crippen LogP contribution in [0.25, 0.3) is 5.69 Å². The molecule has 31 heavy (non-hydrogen) atoms. The fourth-order valence-electron chi connectivity index (χ4n) is 3.45. The summed E-state index contributed by atoms with van der Waals surface area (Å²) in [5.74, 6) is 1.19. The number of piperazine rings is 1. The number of nitrogens with one attached hydrogen (secondary N) is 1. The van der Waals surface area contributed by atoms with Gasteiger partial charge in [-0.1, -0.05) is 35.5 Å². The molecule has 0 bridgehead atoms. The molecule has 0 unspecified atom stereocenters. The average molecular weight is 438 g/mol. The molecule has 1 N–H and O–H groups in total. The normalized spacial score (nSPS) is 14.6. The van der Waals surface area contributed by atoms with Crippen LogP contribution in [0.3, 0.4) is 0 Å². The summed E-state index contributed by atoms with van der Waals surface area (Å²) in [5.41, 5.74) is 3.20. The highest BCUT2D eigenvalue weighted by atomic mass is 32.2. The molecule has 3 heterocycles. The Morgan fingerprint density at radius 1 is 1.13 bits per heavy atom. The van der Waals surface area contributed by atoms with Crippen LogP contribution in [0.1, 0.15) is 11.1 Å². The van der Waals surface area contributed by atoms with E-state index >= 15 is 0 Å². The number of nitrogens with zero attached hydrogens (tertiary/aromatic N) is 6. The lowest BCUT2D eigenvalue weighted by Gasteiger charge is -2.34. The zero-order chi connectivity index (χ0) is 21.6. The summed E-state index contributed by atoms with van der Waals surface area (Å²) in [6, 6.07) is 12.1. The summed E-state index contributed by atoms with van der Waals surface area (Å²) in [6.07, 6.45) is 3.48. The minimum atomic E-state index is -0.0448. The van der Waals surface area contributed by atoms with Crippen molar-refractivity contribution in [2.24, 2.45) is 0 Å². The molecule has 0 aliphatic carbocycles. The number of hydrogen-bond acceptors (Lipinski definition) is 7. The van der Waals surface area contributed by atoms with Crippen LogP contribution < -0.4 is 10.2 Å². The number of hydrogen-bond donors (Lipinski definition) is 1. The molecule has 1 aliphatic rings. The topological polar surface area (TPSA) is 79.2 Å². The van der Waals surface area contributed by atoms with Crippen molar-refractivity contribution in [3.63, 3.8) is 0 Å². The summed E-state index contributed by atoms with van der Waals surface area (Å²) in [4.78, 5) is 21.7. The zero-order valence-corrected chi connectivity index (χ0v) is 18.7. The molecule has 8 nitrogen and oxygen atoms in total. The largest absolute Gasteiger partial charge is 0.354 e. The van der Waals surface area contributed by atoms with Gasteiger partial charge in [-0.25, -0.2) is 4.98 Å². The maximum atomic E-state index is 12.5. The third-order valence-electron chi connectivity index (χ3n) is 5.31. The molecule has 3 aromatic rings. The minimum Gasteiger partial charge on any atom is -0.354 e. The predicted octanol–water partition coefficient (Wildman–Crippen LogP) is 2.13. The third-order valence-corrected chi connectivity index (χ3v) is 6.25. The summed E-state index contributed by atoms with van der Waals surface area (Å²) in [7, 11) is 2.13. The number of aryl methyl sites for hydroxylation is 1. The van der Waals surface area contributed by atoms with Gasteiger partial charge in [-0.05, 0) is 32.2 Å². The van der Waals surface area contributed by atoms with E-state index in [1.165, 1.54) is 17.3 Å². The van der Waals surface area contributed by atoms with E-state index in [0.717, 1.165) is 43.2 Å². The van der Waals surface area contributed by atoms with E-state index in [2.05, 4.69) is 37.3 Å². The van der Waals surface area contributed by atoms with Crippen molar-refractivity contribution in [3.8, 4) is 5.69 Å². The van der Waals surface area contributed by atoms with E-state index in [1.54, 1.807) is 6.33 Å². The van der Waals surface area contributed by atoms with Crippen LogP contribution >= 0.6 is 11.8 Å². The maximum absolute atomic E-state index is 12.5. The van der Waals surface area contributed by atoms with E-state index in [0.29, 0.717) is 11.7 Å². The number of thioether (sulfide) groups is 1. The first kappa shape index (κ1) is 21.3. The van der Waals surface area contributed by atoms with Crippen LogP contribution in [0.2, 0.25) is 0 Å². The molecule has 0 atom stereocenters. The number of carbonyl (C=O) groups excluding carboxylic acids is 1. The van der Waals surface area contributed by atoms with Gasteiger partial charge in [-0.15, -0.1) is 10.2 Å². The number of anilines is 1. The second-order valence-corrected chi connectivity index (χ2v) is 8.60. The van der Waals surface area contributed by atoms with E-state index in [4.69, 9.17) is 0 Å². The number of benzene rings is 1. The summed E-state index contributed by atoms with van der Waals surface area (Å²) in [6.45, 7) is 6.42. The van der Waals surface area contributed by atoms with Gasteiger partial charge in [0.05, 0.1) is 5.75 Å². The van der Waals surface area contributed by atoms with Gasteiger partial charge in [0.25, 0.3) is 0 Å². The van der Waals surface area contributed by atoms with E-state index in [1.807, 2.05) is 54.1 Å². The van der Waals surface area contributed by atoms with Crippen molar-refractivity contribution in [1.82, 2.24) is 30.0 Å². The zero-order valence-electron chi connectivity index (χ0n) is 17.9. The lowest BCUT2D eigenvalue weighted by Crippen LogP contribution is -2.45. The maximum Gasteiger partial charge on any atom is 0.230 e. The average Bonchev–Trinajstić information content (AvgIpc) is 3.26. The molecule has 162 valence electrons. The number of pyridine rings is 1. The molecule has 4 rings (SSSR count). The van der Waals surface area contributed by atoms with Crippen LogP contribution in [0, 0.1) is 6.92 Å². The van der Waals surface area contributed by atoms with Crippen LogP contribution in [0.4, 0.5) is 5.82 Å². The first-order valence-corrected chi connectivity index (χ1v) is 11.3. The highest BCUT2D eigenvalue weighted by molar-refractivity contribution is 7.99. The Kier molecular flexibility index (Phi) is 6.83. The standard InChI is InChI=1S/C22H27N7OS/c1-17-5-7-19(8-6-17)29-16-25-26-22(29)31-15-20(30)24-14-18-4-3-9-23-21(18)28-12-10-27(2)11-13-28/h3-9,16H,10-15H2,1-2H3,(H,24,30). The van der Waals surface area contributed by atoms with E-state index in [-0.39, 0.29) is 11.7 Å². The minimum absolute atomic E-state index is 0.0448. The first-order chi connectivity index (χ1) is 15.1. The van der Waals surface area contributed by atoms with Gasteiger partial charge in [0.15, 0.2) is 5.16 Å². The highest BCUT2D eigenvalue weighted by Gasteiger charge is 2.18. The molecular weight excluding hydrogens is 410 g/mol. The van der Waals surface area contributed by atoms with Crippen LogP contribution in [-0.2, 0) is 11.3 Å². The second kappa shape index (κ2) is 9.93. The molecule has 1 saturated heterocycles. The SMILES string of the molecule is Cc1ccc(-n2cnnc2SCC(=O)NCc2cccnc2N2CCN(C)CC2)cc1. The molecule has 9 heteroatoms. The second-order valence-electron chi connectivity index (χ2n) is 7.66. The van der Waals surface area contributed by atoms with Gasteiger partial charge < -0.3 is 15.1 Å². The molecule has 0 radical (unpaired) electrons. The molecular formula is C22H27N7OS. The Bertz CT molecular complexity index is 1010. The molecule has 0 saturated carbocycles. The van der Waals surface area contributed by atoms with E-state index < -0.39 is 0 Å². The third kappa shape index (κ3) is 5.42. The number of likely N-dealkylation sites (N-methyl/N-ethyl adjacent to an activating group) is 1. The number of amides is 1. The summed E-state index contributed by atoms with van der Waals surface area (Å²) in [5, 5.41) is 11.9. The monoisotopic (exact) mass is 437 g/mol. The van der Waals surface area contributed by atoms with Crippen molar-refractivity contribution in [2.75, 3.05) is 43.9 Å². The molecule has 1 aliphatic heterocycles. The van der Waals surface area contributed by atoms with Gasteiger partial charge in [0.2, 0.25) is 5.91 Å². The Hall–Kier alpha value is -2.91. The molecule has 1 amide bonds. The number of rotatable bonds is 7. The number of carbonyl (C=O) groups is 1. The molecule has 1 aromatic carbocycles. The number of aromatic nitrogens is 4. The van der Waals surface area contributed by atoms with E-state index in [9.17, 15) is 4.79 Å². The summed E-state index contributed by atoms with van der Waals surface area (Å²) < 4.78 is 1.89. The quantitative estimate of drug-likeness (QED) is 0.567. The van der Waals surface area contributed by atoms with Crippen molar-refractivity contribution in [3.05, 3.63) is 60.0 Å². The first-order valence-electron chi connectivity index (χ1n) is 10.3. The Morgan fingerprint density at radius 2 is 1.90 bits per heavy atom. The fraction of sp³-hybridized carbons (Fsp3) is 0.364. The van der Waals surface area contributed by atoms with Crippen molar-refractivity contribution in [2.45, 2.75) is 18.6 Å². The molecule has 0 spiro atoms. The Balaban J connectivity index is 1.33. The van der Waals surface area contributed by atoms with Gasteiger partial charge in [-0.3, -0.25) is 9.36 Å². The van der Waals surface area contributed by atoms with Crippen LogP contribution in [-0.4, -0.2) is 69.5 Å². The lowest BCUT2D eigenvalue weighted by molar-refractivity contribution is -0.118. The predicted molar refractivity (Wildman–Crippen MR) is 123 cm³/mol. The van der Waals surface area contributed by atoms with Crippen LogP contribution in [0.5, 0.6) is 0 Å². The molecule has 2 aromatic heterocycles. The van der Waals surface area contributed by atoms with Crippen molar-refractivity contribution >= 4 is 23.5 Å². The van der Waals surface area contributed by atoms with Gasteiger partial charge in [0, 0.05) is 50.2 Å². The fourth-order valence-corrected chi connectivity index (χ4v) is 4.21. The van der Waals surface area contributed by atoms with Gasteiger partial charge >= 0.3 is 0 Å². The highest BCUT2D eigenvalue weighted by Crippen LogP contribution is 2.21. The lowest BCUT2D eigenvalue weighted by atomic mass is 10.2. The van der Waals surface area contributed by atoms with Crippen molar-refractivity contribution < 1.29 is 4.79 Å². The Labute approximate surface area is 186 Å². The summed E-state index contributed by atoms with van der Waals surface area (Å²) >= 11 is 1.37. The van der Waals surface area contributed by atoms with Gasteiger partial charge in [0.1, 0.15) is 12.1 Å². The van der Waals surface area contributed by atoms with Gasteiger partial charge in [-0.2, -0.15) is 0 Å². The Morgan fingerprint density at radius 3 is 2.68 bits per heavy atom. The van der Waals surface area contributed by atoms with Crippen LogP contribution in [0.15, 0.2) is 54.1 Å².